The van der Waals surface area contributed by atoms with Crippen LogP contribution in [0.3, 0.4) is 0 Å². The van der Waals surface area contributed by atoms with Gasteiger partial charge in [0.25, 0.3) is 0 Å². The molecule has 1 aromatic rings. The van der Waals surface area contributed by atoms with Crippen LogP contribution in [0, 0.1) is 6.92 Å². The molecule has 1 N–H and O–H groups in total. The van der Waals surface area contributed by atoms with Gasteiger partial charge in [-0.05, 0) is 26.8 Å². The largest absolute Gasteiger partial charge is 0.354 e. The van der Waals surface area contributed by atoms with Crippen LogP contribution in [-0.4, -0.2) is 31.7 Å². The molecule has 0 unspecified atom stereocenters. The molecule has 1 saturated carbocycles. The lowest BCUT2D eigenvalue weighted by atomic mass is 10.1. The lowest BCUT2D eigenvalue weighted by Gasteiger charge is -2.12. The van der Waals surface area contributed by atoms with Crippen molar-refractivity contribution in [1.82, 2.24) is 10.3 Å². The summed E-state index contributed by atoms with van der Waals surface area (Å²) in [5, 5.41) is 4.55. The van der Waals surface area contributed by atoms with Gasteiger partial charge in [0.05, 0.1) is 5.69 Å². The Morgan fingerprint density at radius 1 is 1.47 bits per heavy atom. The molecule has 15 heavy (non-hydrogen) atoms. The first-order chi connectivity index (χ1) is 7.06. The molecule has 0 aliphatic heterocycles. The van der Waals surface area contributed by atoms with Crippen molar-refractivity contribution in [2.45, 2.75) is 31.7 Å². The molecule has 2 rings (SSSR count). The molecule has 0 amide bonds. The van der Waals surface area contributed by atoms with Gasteiger partial charge >= 0.3 is 0 Å². The Morgan fingerprint density at radius 2 is 2.13 bits per heavy atom. The third-order valence-electron chi connectivity index (χ3n) is 3.15. The summed E-state index contributed by atoms with van der Waals surface area (Å²) in [7, 11) is 6.16. The third kappa shape index (κ3) is 2.16. The Balaban J connectivity index is 2.14. The summed E-state index contributed by atoms with van der Waals surface area (Å²) < 4.78 is 0. The zero-order valence-corrected chi connectivity index (χ0v) is 10.7. The number of aromatic nitrogens is 1. The maximum absolute atomic E-state index is 4.57. The van der Waals surface area contributed by atoms with E-state index < -0.39 is 0 Å². The summed E-state index contributed by atoms with van der Waals surface area (Å²) in [6.07, 6.45) is 3.75. The lowest BCUT2D eigenvalue weighted by molar-refractivity contribution is 0.551. The Labute approximate surface area is 95.5 Å². The van der Waals surface area contributed by atoms with Gasteiger partial charge in [-0.3, -0.25) is 0 Å². The van der Waals surface area contributed by atoms with E-state index in [9.17, 15) is 0 Å². The fourth-order valence-electron chi connectivity index (χ4n) is 1.74. The van der Waals surface area contributed by atoms with Gasteiger partial charge in [0.1, 0.15) is 0 Å². The number of nitrogens with zero attached hydrogens (tertiary/aromatic N) is 2. The van der Waals surface area contributed by atoms with Crippen molar-refractivity contribution in [3.05, 3.63) is 10.6 Å². The Bertz CT molecular complexity index is 353. The van der Waals surface area contributed by atoms with Crippen molar-refractivity contribution in [3.8, 4) is 0 Å². The predicted molar refractivity (Wildman–Crippen MR) is 65.9 cm³/mol. The number of likely N-dealkylation sites (N-methyl/N-ethyl adjacent to an activating group) is 1. The summed E-state index contributed by atoms with van der Waals surface area (Å²) in [5.41, 5.74) is 1.59. The van der Waals surface area contributed by atoms with E-state index in [4.69, 9.17) is 0 Å². The monoisotopic (exact) mass is 225 g/mol. The minimum atomic E-state index is 0.390. The van der Waals surface area contributed by atoms with Gasteiger partial charge < -0.3 is 10.2 Å². The molecule has 3 nitrogen and oxygen atoms in total. The minimum Gasteiger partial charge on any atom is -0.354 e. The van der Waals surface area contributed by atoms with Crippen molar-refractivity contribution < 1.29 is 0 Å². The van der Waals surface area contributed by atoms with Crippen molar-refractivity contribution in [2.75, 3.05) is 26.0 Å². The van der Waals surface area contributed by atoms with Crippen LogP contribution < -0.4 is 10.2 Å². The van der Waals surface area contributed by atoms with Gasteiger partial charge in [0.2, 0.25) is 0 Å². The van der Waals surface area contributed by atoms with E-state index in [1.54, 1.807) is 0 Å². The van der Waals surface area contributed by atoms with Gasteiger partial charge in [0, 0.05) is 30.9 Å². The average Bonchev–Trinajstić information content (AvgIpc) is 2.87. The highest BCUT2D eigenvalue weighted by Gasteiger charge is 2.41. The van der Waals surface area contributed by atoms with Crippen LogP contribution in [0.25, 0.3) is 0 Å². The molecule has 1 heterocycles. The number of thiazole rings is 1. The van der Waals surface area contributed by atoms with Gasteiger partial charge in [0.15, 0.2) is 5.13 Å². The van der Waals surface area contributed by atoms with E-state index in [0.29, 0.717) is 5.54 Å². The quantitative estimate of drug-likeness (QED) is 0.847. The fraction of sp³-hybridized carbons (Fsp3) is 0.727. The highest BCUT2D eigenvalue weighted by Crippen LogP contribution is 2.40. The van der Waals surface area contributed by atoms with Crippen molar-refractivity contribution in [3.63, 3.8) is 0 Å². The highest BCUT2D eigenvalue weighted by atomic mass is 32.1. The number of anilines is 1. The molecule has 1 aliphatic carbocycles. The van der Waals surface area contributed by atoms with E-state index in [-0.39, 0.29) is 0 Å². The molecule has 1 aliphatic rings. The second-order valence-corrected chi connectivity index (χ2v) is 5.67. The van der Waals surface area contributed by atoms with Crippen molar-refractivity contribution >= 4 is 16.5 Å². The van der Waals surface area contributed by atoms with Crippen LogP contribution in [0.2, 0.25) is 0 Å². The zero-order chi connectivity index (χ0) is 11.1. The smallest absolute Gasteiger partial charge is 0.185 e. The highest BCUT2D eigenvalue weighted by molar-refractivity contribution is 7.15. The molecule has 0 aromatic carbocycles. The van der Waals surface area contributed by atoms with Crippen LogP contribution in [0.1, 0.15) is 23.4 Å². The first-order valence-electron chi connectivity index (χ1n) is 5.39. The molecular weight excluding hydrogens is 206 g/mol. The van der Waals surface area contributed by atoms with Crippen LogP contribution in [0.5, 0.6) is 0 Å². The molecule has 1 aromatic heterocycles. The number of rotatable bonds is 4. The van der Waals surface area contributed by atoms with Crippen LogP contribution in [0.15, 0.2) is 0 Å². The average molecular weight is 225 g/mol. The minimum absolute atomic E-state index is 0.390. The lowest BCUT2D eigenvalue weighted by Crippen LogP contribution is -2.29. The molecule has 0 saturated heterocycles. The predicted octanol–water partition coefficient (Wildman–Crippen LogP) is 1.81. The fourth-order valence-corrected chi connectivity index (χ4v) is 2.87. The summed E-state index contributed by atoms with van der Waals surface area (Å²) in [5.74, 6) is 0. The first-order valence-corrected chi connectivity index (χ1v) is 6.20. The topological polar surface area (TPSA) is 28.2 Å². The standard InChI is InChI=1S/C11H19N3S/c1-8-9(7-11(12-2)5-6-11)15-10(13-8)14(3)4/h12H,5-7H2,1-4H3. The Hall–Kier alpha value is -0.610. The second-order valence-electron chi connectivity index (χ2n) is 4.61. The molecular formula is C11H19N3S. The van der Waals surface area contributed by atoms with E-state index >= 15 is 0 Å². The first kappa shape index (κ1) is 10.9. The van der Waals surface area contributed by atoms with E-state index in [1.807, 2.05) is 25.4 Å². The van der Waals surface area contributed by atoms with Crippen molar-refractivity contribution in [1.29, 1.82) is 0 Å². The van der Waals surface area contributed by atoms with Gasteiger partial charge in [-0.25, -0.2) is 4.98 Å². The maximum atomic E-state index is 4.57. The van der Waals surface area contributed by atoms with E-state index in [1.165, 1.54) is 23.4 Å². The summed E-state index contributed by atoms with van der Waals surface area (Å²) >= 11 is 1.82. The summed E-state index contributed by atoms with van der Waals surface area (Å²) in [4.78, 5) is 8.09. The van der Waals surface area contributed by atoms with E-state index in [2.05, 4.69) is 29.2 Å². The number of hydrogen-bond acceptors (Lipinski definition) is 4. The Morgan fingerprint density at radius 3 is 2.53 bits per heavy atom. The molecule has 0 radical (unpaired) electrons. The Kier molecular flexibility index (Phi) is 2.73. The second kappa shape index (κ2) is 3.76. The van der Waals surface area contributed by atoms with Gasteiger partial charge in [-0.15, -0.1) is 11.3 Å². The van der Waals surface area contributed by atoms with Gasteiger partial charge in [-0.1, -0.05) is 0 Å². The number of nitrogens with one attached hydrogen (secondary N) is 1. The number of hydrogen-bond donors (Lipinski definition) is 1. The molecule has 0 spiro atoms. The molecule has 0 bridgehead atoms. The molecule has 1 fully saturated rings. The summed E-state index contributed by atoms with van der Waals surface area (Å²) in [6, 6.07) is 0. The molecule has 4 heteroatoms. The summed E-state index contributed by atoms with van der Waals surface area (Å²) in [6.45, 7) is 2.12. The van der Waals surface area contributed by atoms with Crippen LogP contribution >= 0.6 is 11.3 Å². The molecule has 84 valence electrons. The van der Waals surface area contributed by atoms with Crippen LogP contribution in [0.4, 0.5) is 5.13 Å². The van der Waals surface area contributed by atoms with E-state index in [0.717, 1.165) is 11.6 Å². The zero-order valence-electron chi connectivity index (χ0n) is 9.92. The third-order valence-corrected chi connectivity index (χ3v) is 4.47. The van der Waals surface area contributed by atoms with Crippen LogP contribution in [-0.2, 0) is 6.42 Å². The normalized spacial score (nSPS) is 17.9. The SMILES string of the molecule is CNC1(Cc2sc(N(C)C)nc2C)CC1. The number of aryl methyl sites for hydroxylation is 1. The maximum Gasteiger partial charge on any atom is 0.185 e. The molecule has 0 atom stereocenters. The van der Waals surface area contributed by atoms with Gasteiger partial charge in [-0.2, -0.15) is 0 Å². The van der Waals surface area contributed by atoms with Crippen molar-refractivity contribution in [2.24, 2.45) is 0 Å².